The van der Waals surface area contributed by atoms with Gasteiger partial charge in [-0.15, -0.1) is 12.4 Å². The highest BCUT2D eigenvalue weighted by atomic mass is 35.5. The molecule has 0 aromatic carbocycles. The van der Waals surface area contributed by atoms with Gasteiger partial charge in [-0.05, 0) is 12.8 Å². The molecule has 1 aliphatic carbocycles. The normalized spacial score (nSPS) is 30.2. The highest BCUT2D eigenvalue weighted by molar-refractivity contribution is 5.85. The Bertz CT molecular complexity index is 202. The molecule has 1 spiro atoms. The average molecular weight is 206 g/mol. The zero-order chi connectivity index (χ0) is 8.60. The Morgan fingerprint density at radius 2 is 2.08 bits per heavy atom. The molecule has 0 bridgehead atoms. The summed E-state index contributed by atoms with van der Waals surface area (Å²) in [5, 5.41) is 0. The summed E-state index contributed by atoms with van der Waals surface area (Å²) in [5.74, 6) is 0.00968. The Morgan fingerprint density at radius 3 is 2.54 bits per heavy atom. The third-order valence-corrected chi connectivity index (χ3v) is 3.15. The van der Waals surface area contributed by atoms with Crippen molar-refractivity contribution < 1.29 is 9.53 Å². The quantitative estimate of drug-likeness (QED) is 0.656. The lowest BCUT2D eigenvalue weighted by Gasteiger charge is -2.15. The third kappa shape index (κ3) is 1.67. The van der Waals surface area contributed by atoms with Crippen molar-refractivity contribution in [3.05, 3.63) is 0 Å². The maximum atomic E-state index is 11.5. The number of carbonyl (C=O) groups excluding carboxylic acids is 1. The van der Waals surface area contributed by atoms with Crippen LogP contribution < -0.4 is 5.73 Å². The van der Waals surface area contributed by atoms with Crippen LogP contribution >= 0.6 is 12.4 Å². The van der Waals surface area contributed by atoms with Crippen LogP contribution in [-0.2, 0) is 9.53 Å². The number of rotatable bonds is 1. The summed E-state index contributed by atoms with van der Waals surface area (Å²) in [7, 11) is 0. The minimum Gasteiger partial charge on any atom is -0.461 e. The third-order valence-electron chi connectivity index (χ3n) is 3.15. The van der Waals surface area contributed by atoms with Gasteiger partial charge in [-0.2, -0.15) is 0 Å². The Morgan fingerprint density at radius 1 is 1.46 bits per heavy atom. The van der Waals surface area contributed by atoms with Gasteiger partial charge in [-0.3, -0.25) is 4.79 Å². The molecule has 1 unspecified atom stereocenters. The monoisotopic (exact) mass is 205 g/mol. The van der Waals surface area contributed by atoms with Gasteiger partial charge >= 0.3 is 5.97 Å². The molecule has 3 nitrogen and oxygen atoms in total. The van der Waals surface area contributed by atoms with Gasteiger partial charge in [0.25, 0.3) is 0 Å². The summed E-state index contributed by atoms with van der Waals surface area (Å²) < 4.78 is 5.18. The van der Waals surface area contributed by atoms with E-state index in [2.05, 4.69) is 0 Å². The van der Waals surface area contributed by atoms with Crippen LogP contribution in [0.2, 0.25) is 0 Å². The Kier molecular flexibility index (Phi) is 3.19. The topological polar surface area (TPSA) is 52.3 Å². The van der Waals surface area contributed by atoms with E-state index in [1.165, 1.54) is 12.8 Å². The zero-order valence-electron chi connectivity index (χ0n) is 7.62. The van der Waals surface area contributed by atoms with E-state index in [0.717, 1.165) is 19.3 Å². The first-order valence-electron chi connectivity index (χ1n) is 4.68. The minimum absolute atomic E-state index is 0. The SMILES string of the molecule is Cl.NCC1CC2(CCCC2)C(=O)O1. The van der Waals surface area contributed by atoms with Crippen LogP contribution in [0.15, 0.2) is 0 Å². The number of carbonyl (C=O) groups is 1. The van der Waals surface area contributed by atoms with Crippen LogP contribution in [0.3, 0.4) is 0 Å². The predicted molar refractivity (Wildman–Crippen MR) is 51.7 cm³/mol. The van der Waals surface area contributed by atoms with Crippen LogP contribution in [0.4, 0.5) is 0 Å². The molecule has 0 amide bonds. The van der Waals surface area contributed by atoms with Gasteiger partial charge in [0.1, 0.15) is 6.10 Å². The summed E-state index contributed by atoms with van der Waals surface area (Å²) in [6.45, 7) is 0.480. The number of halogens is 1. The van der Waals surface area contributed by atoms with E-state index in [1.54, 1.807) is 0 Å². The molecule has 76 valence electrons. The Labute approximate surface area is 84.4 Å². The molecule has 1 aliphatic heterocycles. The van der Waals surface area contributed by atoms with E-state index in [0.29, 0.717) is 6.54 Å². The number of hydrogen-bond donors (Lipinski definition) is 1. The first-order chi connectivity index (χ1) is 5.77. The molecule has 2 N–H and O–H groups in total. The zero-order valence-corrected chi connectivity index (χ0v) is 8.44. The summed E-state index contributed by atoms with van der Waals surface area (Å²) >= 11 is 0. The largest absolute Gasteiger partial charge is 0.461 e. The van der Waals surface area contributed by atoms with Crippen LogP contribution in [0.1, 0.15) is 32.1 Å². The van der Waals surface area contributed by atoms with Gasteiger partial charge in [-0.1, -0.05) is 12.8 Å². The van der Waals surface area contributed by atoms with E-state index in [9.17, 15) is 4.79 Å². The van der Waals surface area contributed by atoms with Gasteiger partial charge in [-0.25, -0.2) is 0 Å². The number of cyclic esters (lactones) is 1. The molecular weight excluding hydrogens is 190 g/mol. The molecule has 4 heteroatoms. The average Bonchev–Trinajstić information content (AvgIpc) is 2.63. The summed E-state index contributed by atoms with van der Waals surface area (Å²) in [5.41, 5.74) is 5.35. The van der Waals surface area contributed by atoms with Crippen molar-refractivity contribution in [3.8, 4) is 0 Å². The smallest absolute Gasteiger partial charge is 0.312 e. The standard InChI is InChI=1S/C9H15NO2.ClH/c10-6-7-5-9(8(11)12-7)3-1-2-4-9;/h7H,1-6,10H2;1H. The number of nitrogens with two attached hydrogens (primary N) is 1. The molecule has 0 aromatic heterocycles. The van der Waals surface area contributed by atoms with Crippen molar-refractivity contribution >= 4 is 18.4 Å². The second-order valence-electron chi connectivity index (χ2n) is 3.95. The van der Waals surface area contributed by atoms with Crippen LogP contribution in [0.5, 0.6) is 0 Å². The molecule has 2 rings (SSSR count). The summed E-state index contributed by atoms with van der Waals surface area (Å²) in [6.07, 6.45) is 5.24. The molecule has 2 aliphatic rings. The number of ether oxygens (including phenoxy) is 1. The van der Waals surface area contributed by atoms with Crippen molar-refractivity contribution in [1.82, 2.24) is 0 Å². The minimum atomic E-state index is -0.121. The van der Waals surface area contributed by atoms with Crippen molar-refractivity contribution in [1.29, 1.82) is 0 Å². The van der Waals surface area contributed by atoms with E-state index in [1.807, 2.05) is 0 Å². The lowest BCUT2D eigenvalue weighted by Crippen LogP contribution is -2.22. The Balaban J connectivity index is 0.000000845. The van der Waals surface area contributed by atoms with Gasteiger partial charge in [0, 0.05) is 13.0 Å². The second-order valence-corrected chi connectivity index (χ2v) is 3.95. The predicted octanol–water partition coefficient (Wildman–Crippen LogP) is 1.24. The Hall–Kier alpha value is -0.280. The molecule has 1 heterocycles. The number of hydrogen-bond acceptors (Lipinski definition) is 3. The molecule has 1 saturated heterocycles. The lowest BCUT2D eigenvalue weighted by atomic mass is 9.83. The first kappa shape index (κ1) is 10.8. The molecular formula is C9H16ClNO2. The maximum Gasteiger partial charge on any atom is 0.312 e. The summed E-state index contributed by atoms with van der Waals surface area (Å²) in [6, 6.07) is 0. The highest BCUT2D eigenvalue weighted by Crippen LogP contribution is 2.47. The molecule has 2 fully saturated rings. The van der Waals surface area contributed by atoms with E-state index < -0.39 is 0 Å². The fraction of sp³-hybridized carbons (Fsp3) is 0.889. The van der Waals surface area contributed by atoms with Gasteiger partial charge in [0.15, 0.2) is 0 Å². The molecule has 1 saturated carbocycles. The van der Waals surface area contributed by atoms with Gasteiger partial charge in [0.05, 0.1) is 5.41 Å². The van der Waals surface area contributed by atoms with Crippen molar-refractivity contribution in [2.24, 2.45) is 11.1 Å². The van der Waals surface area contributed by atoms with Gasteiger partial charge in [0.2, 0.25) is 0 Å². The number of esters is 1. The molecule has 13 heavy (non-hydrogen) atoms. The lowest BCUT2D eigenvalue weighted by molar-refractivity contribution is -0.148. The first-order valence-corrected chi connectivity index (χ1v) is 4.68. The maximum absolute atomic E-state index is 11.5. The van der Waals surface area contributed by atoms with Crippen molar-refractivity contribution in [2.45, 2.75) is 38.2 Å². The van der Waals surface area contributed by atoms with Crippen molar-refractivity contribution in [3.63, 3.8) is 0 Å². The van der Waals surface area contributed by atoms with Crippen LogP contribution in [-0.4, -0.2) is 18.6 Å². The molecule has 0 radical (unpaired) electrons. The summed E-state index contributed by atoms with van der Waals surface area (Å²) in [4.78, 5) is 11.5. The van der Waals surface area contributed by atoms with Crippen LogP contribution in [0.25, 0.3) is 0 Å². The van der Waals surface area contributed by atoms with Gasteiger partial charge < -0.3 is 10.5 Å². The molecule has 1 atom stereocenters. The van der Waals surface area contributed by atoms with E-state index in [4.69, 9.17) is 10.5 Å². The van der Waals surface area contributed by atoms with E-state index >= 15 is 0 Å². The van der Waals surface area contributed by atoms with E-state index in [-0.39, 0.29) is 29.9 Å². The molecule has 0 aromatic rings. The van der Waals surface area contributed by atoms with Crippen LogP contribution in [0, 0.1) is 5.41 Å². The highest BCUT2D eigenvalue weighted by Gasteiger charge is 2.49. The fourth-order valence-corrected chi connectivity index (χ4v) is 2.43. The fourth-order valence-electron chi connectivity index (χ4n) is 2.43. The second kappa shape index (κ2) is 3.84. The van der Waals surface area contributed by atoms with Crippen molar-refractivity contribution in [2.75, 3.05) is 6.54 Å².